The number of nitrogens with one attached hydrogen (secondary N) is 1. The number of rotatable bonds is 6. The Hall–Kier alpha value is -0.870. The summed E-state index contributed by atoms with van der Waals surface area (Å²) in [5.74, 6) is 2.05. The van der Waals surface area contributed by atoms with Crippen LogP contribution in [-0.4, -0.2) is 40.1 Å². The maximum Gasteiger partial charge on any atom is 0.122 e. The lowest BCUT2D eigenvalue weighted by atomic mass is 9.98. The average Bonchev–Trinajstić information content (AvgIpc) is 3.16. The van der Waals surface area contributed by atoms with Crippen LogP contribution in [0.5, 0.6) is 0 Å². The van der Waals surface area contributed by atoms with Crippen LogP contribution < -0.4 is 5.32 Å². The van der Waals surface area contributed by atoms with Gasteiger partial charge in [-0.05, 0) is 51.6 Å². The lowest BCUT2D eigenvalue weighted by molar-refractivity contribution is 0.160. The minimum atomic E-state index is 0.833. The highest BCUT2D eigenvalue weighted by molar-refractivity contribution is 4.93. The van der Waals surface area contributed by atoms with E-state index in [0.717, 1.165) is 25.0 Å². The molecule has 3 rings (SSSR count). The second-order valence-electron chi connectivity index (χ2n) is 6.06. The molecule has 1 atom stereocenters. The van der Waals surface area contributed by atoms with Crippen molar-refractivity contribution < 1.29 is 0 Å². The summed E-state index contributed by atoms with van der Waals surface area (Å²) in [7, 11) is 0. The third-order valence-corrected chi connectivity index (χ3v) is 4.38. The van der Waals surface area contributed by atoms with E-state index in [1.165, 1.54) is 51.1 Å². The first-order valence-corrected chi connectivity index (χ1v) is 7.81. The number of piperidine rings is 1. The Kier molecular flexibility index (Phi) is 4.18. The number of aromatic nitrogens is 2. The van der Waals surface area contributed by atoms with Gasteiger partial charge in [-0.15, -0.1) is 0 Å². The van der Waals surface area contributed by atoms with Crippen molar-refractivity contribution in [3.63, 3.8) is 0 Å². The predicted octanol–water partition coefficient (Wildman–Crippen LogP) is 1.87. The van der Waals surface area contributed by atoms with E-state index >= 15 is 0 Å². The van der Waals surface area contributed by atoms with Gasteiger partial charge in [-0.2, -0.15) is 0 Å². The molecule has 2 fully saturated rings. The highest BCUT2D eigenvalue weighted by atomic mass is 15.2. The van der Waals surface area contributed by atoms with E-state index < -0.39 is 0 Å². The highest BCUT2D eigenvalue weighted by Crippen LogP contribution is 2.22. The van der Waals surface area contributed by atoms with E-state index in [1.54, 1.807) is 0 Å². The fraction of sp³-hybridized carbons (Fsp3) is 0.800. The van der Waals surface area contributed by atoms with Crippen molar-refractivity contribution >= 4 is 0 Å². The van der Waals surface area contributed by atoms with E-state index in [2.05, 4.69) is 32.9 Å². The summed E-state index contributed by atoms with van der Waals surface area (Å²) in [5.41, 5.74) is 0. The lowest BCUT2D eigenvalue weighted by Crippen LogP contribution is -2.40. The fourth-order valence-electron chi connectivity index (χ4n) is 3.06. The van der Waals surface area contributed by atoms with Crippen LogP contribution >= 0.6 is 0 Å². The molecular formula is C15H26N4. The van der Waals surface area contributed by atoms with E-state index in [4.69, 9.17) is 0 Å². The minimum Gasteiger partial charge on any atom is -0.334 e. The van der Waals surface area contributed by atoms with Gasteiger partial charge in [-0.25, -0.2) is 4.98 Å². The molecule has 1 saturated carbocycles. The van der Waals surface area contributed by atoms with Crippen molar-refractivity contribution in [1.82, 2.24) is 19.8 Å². The van der Waals surface area contributed by atoms with E-state index in [9.17, 15) is 0 Å². The van der Waals surface area contributed by atoms with Gasteiger partial charge in [0.15, 0.2) is 0 Å². The van der Waals surface area contributed by atoms with Crippen LogP contribution in [-0.2, 0) is 13.1 Å². The van der Waals surface area contributed by atoms with Crippen LogP contribution in [0.15, 0.2) is 12.4 Å². The molecule has 1 N–H and O–H groups in total. The molecule has 0 spiro atoms. The van der Waals surface area contributed by atoms with Gasteiger partial charge in [0.05, 0.1) is 6.54 Å². The molecule has 1 unspecified atom stereocenters. The molecule has 4 nitrogen and oxygen atoms in total. The van der Waals surface area contributed by atoms with E-state index in [0.29, 0.717) is 0 Å². The normalized spacial score (nSPS) is 24.8. The molecule has 1 aromatic rings. The maximum atomic E-state index is 4.50. The van der Waals surface area contributed by atoms with Crippen molar-refractivity contribution in [1.29, 1.82) is 0 Å². The van der Waals surface area contributed by atoms with Gasteiger partial charge in [-0.1, -0.05) is 0 Å². The Balaban J connectivity index is 1.49. The SMILES string of the molecule is CCn1ccnc1CN1CCCC(CNC2CC2)C1. The van der Waals surface area contributed by atoms with Crippen molar-refractivity contribution in [3.05, 3.63) is 18.2 Å². The molecule has 1 saturated heterocycles. The Morgan fingerprint density at radius 1 is 1.37 bits per heavy atom. The van der Waals surface area contributed by atoms with Crippen LogP contribution in [0.3, 0.4) is 0 Å². The second kappa shape index (κ2) is 6.06. The summed E-state index contributed by atoms with van der Waals surface area (Å²) in [5, 5.41) is 3.68. The second-order valence-corrected chi connectivity index (χ2v) is 6.06. The molecule has 2 aliphatic rings. The summed E-state index contributed by atoms with van der Waals surface area (Å²) in [6.45, 7) is 7.90. The van der Waals surface area contributed by atoms with Crippen LogP contribution in [0.4, 0.5) is 0 Å². The number of aryl methyl sites for hydroxylation is 1. The number of imidazole rings is 1. The monoisotopic (exact) mass is 262 g/mol. The molecule has 19 heavy (non-hydrogen) atoms. The number of hydrogen-bond donors (Lipinski definition) is 1. The molecule has 4 heteroatoms. The van der Waals surface area contributed by atoms with Crippen LogP contribution in [0, 0.1) is 5.92 Å². The Bertz CT molecular complexity index is 397. The molecule has 1 aliphatic carbocycles. The van der Waals surface area contributed by atoms with Gasteiger partial charge in [0.25, 0.3) is 0 Å². The van der Waals surface area contributed by atoms with Gasteiger partial charge < -0.3 is 9.88 Å². The number of nitrogens with zero attached hydrogens (tertiary/aromatic N) is 3. The number of likely N-dealkylation sites (tertiary alicyclic amines) is 1. The van der Waals surface area contributed by atoms with Gasteiger partial charge >= 0.3 is 0 Å². The quantitative estimate of drug-likeness (QED) is 0.849. The summed E-state index contributed by atoms with van der Waals surface area (Å²) in [6.07, 6.45) is 9.53. The largest absolute Gasteiger partial charge is 0.334 e. The van der Waals surface area contributed by atoms with Crippen molar-refractivity contribution in [2.24, 2.45) is 5.92 Å². The van der Waals surface area contributed by atoms with Crippen LogP contribution in [0.25, 0.3) is 0 Å². The Morgan fingerprint density at radius 2 is 2.26 bits per heavy atom. The first-order chi connectivity index (χ1) is 9.35. The average molecular weight is 262 g/mol. The Morgan fingerprint density at radius 3 is 3.05 bits per heavy atom. The van der Waals surface area contributed by atoms with Crippen molar-refractivity contribution in [2.45, 2.75) is 51.7 Å². The minimum absolute atomic E-state index is 0.833. The topological polar surface area (TPSA) is 33.1 Å². The number of hydrogen-bond acceptors (Lipinski definition) is 3. The molecule has 0 amide bonds. The summed E-state index contributed by atoms with van der Waals surface area (Å²) < 4.78 is 2.26. The zero-order valence-electron chi connectivity index (χ0n) is 12.0. The third kappa shape index (κ3) is 3.57. The predicted molar refractivity (Wildman–Crippen MR) is 76.9 cm³/mol. The van der Waals surface area contributed by atoms with E-state index in [-0.39, 0.29) is 0 Å². The zero-order valence-corrected chi connectivity index (χ0v) is 12.0. The lowest BCUT2D eigenvalue weighted by Gasteiger charge is -2.32. The first kappa shape index (κ1) is 13.1. The van der Waals surface area contributed by atoms with Crippen LogP contribution in [0.1, 0.15) is 38.4 Å². The maximum absolute atomic E-state index is 4.50. The highest BCUT2D eigenvalue weighted by Gasteiger charge is 2.25. The van der Waals surface area contributed by atoms with Gasteiger partial charge in [0, 0.05) is 31.5 Å². The standard InChI is InChI=1S/C15H26N4/c1-2-19-9-7-16-15(19)12-18-8-3-4-13(11-18)10-17-14-5-6-14/h7,9,13-14,17H,2-6,8,10-12H2,1H3. The van der Waals surface area contributed by atoms with Crippen molar-refractivity contribution in [2.75, 3.05) is 19.6 Å². The molecule has 1 aliphatic heterocycles. The smallest absolute Gasteiger partial charge is 0.122 e. The molecule has 0 aromatic carbocycles. The van der Waals surface area contributed by atoms with E-state index in [1.807, 2.05) is 6.20 Å². The van der Waals surface area contributed by atoms with Gasteiger partial charge in [-0.3, -0.25) is 4.90 Å². The van der Waals surface area contributed by atoms with Crippen molar-refractivity contribution in [3.8, 4) is 0 Å². The first-order valence-electron chi connectivity index (χ1n) is 7.81. The fourth-order valence-corrected chi connectivity index (χ4v) is 3.06. The Labute approximate surface area is 116 Å². The third-order valence-electron chi connectivity index (χ3n) is 4.38. The van der Waals surface area contributed by atoms with Gasteiger partial charge in [0.2, 0.25) is 0 Å². The molecule has 0 bridgehead atoms. The van der Waals surface area contributed by atoms with Crippen LogP contribution in [0.2, 0.25) is 0 Å². The summed E-state index contributed by atoms with van der Waals surface area (Å²) >= 11 is 0. The summed E-state index contributed by atoms with van der Waals surface area (Å²) in [6, 6.07) is 0.842. The molecule has 106 valence electrons. The van der Waals surface area contributed by atoms with Gasteiger partial charge in [0.1, 0.15) is 5.82 Å². The molecule has 0 radical (unpaired) electrons. The zero-order chi connectivity index (χ0) is 13.1. The molecular weight excluding hydrogens is 236 g/mol. The molecule has 1 aromatic heterocycles. The molecule has 2 heterocycles. The summed E-state index contributed by atoms with van der Waals surface area (Å²) in [4.78, 5) is 7.08.